The summed E-state index contributed by atoms with van der Waals surface area (Å²) in [5.41, 5.74) is 2.27. The first kappa shape index (κ1) is 12.0. The Morgan fingerprint density at radius 1 is 1.47 bits per heavy atom. The van der Waals surface area contributed by atoms with Crippen molar-refractivity contribution in [3.8, 4) is 0 Å². The molecule has 0 aromatic carbocycles. The van der Waals surface area contributed by atoms with E-state index in [-0.39, 0.29) is 0 Å². The lowest BCUT2D eigenvalue weighted by Gasteiger charge is -2.01. The third-order valence-corrected chi connectivity index (χ3v) is 2.52. The normalized spacial score (nSPS) is 10.6. The van der Waals surface area contributed by atoms with Crippen LogP contribution in [-0.4, -0.2) is 15.6 Å². The lowest BCUT2D eigenvalue weighted by molar-refractivity contribution is -0.119. The molecule has 0 radical (unpaired) electrons. The van der Waals surface area contributed by atoms with Crippen LogP contribution in [0.1, 0.15) is 44.0 Å². The fourth-order valence-electron chi connectivity index (χ4n) is 1.77. The molecule has 0 saturated heterocycles. The van der Waals surface area contributed by atoms with Gasteiger partial charge in [0.25, 0.3) is 0 Å². The van der Waals surface area contributed by atoms with Gasteiger partial charge in [-0.25, -0.2) is 0 Å². The predicted molar refractivity (Wildman–Crippen MR) is 60.8 cm³/mol. The number of carbonyl (C=O) groups excluding carboxylic acids is 1. The third kappa shape index (κ3) is 3.86. The van der Waals surface area contributed by atoms with Gasteiger partial charge < -0.3 is 0 Å². The Bertz CT molecular complexity index is 328. The van der Waals surface area contributed by atoms with E-state index in [9.17, 15) is 4.79 Å². The highest BCUT2D eigenvalue weighted by molar-refractivity contribution is 5.78. The molecule has 1 heterocycles. The molecular formula is C12H20N2O. The molecule has 1 aromatic heterocycles. The van der Waals surface area contributed by atoms with Gasteiger partial charge in [0, 0.05) is 25.6 Å². The molecular weight excluding hydrogens is 188 g/mol. The molecule has 0 aliphatic rings. The Morgan fingerprint density at radius 3 is 2.73 bits per heavy atom. The Labute approximate surface area is 91.5 Å². The minimum atomic E-state index is 0.386. The van der Waals surface area contributed by atoms with E-state index >= 15 is 0 Å². The number of Topliss-reactive ketones (excluding diaryl/α,β-unsaturated/α-hetero) is 1. The molecule has 0 saturated carbocycles. The van der Waals surface area contributed by atoms with Crippen molar-refractivity contribution in [1.29, 1.82) is 0 Å². The van der Waals surface area contributed by atoms with E-state index in [1.54, 1.807) is 0 Å². The first-order valence-corrected chi connectivity index (χ1v) is 5.64. The molecule has 0 aliphatic carbocycles. The van der Waals surface area contributed by atoms with Crippen LogP contribution in [0.25, 0.3) is 0 Å². The number of nitrogens with zero attached hydrogens (tertiary/aromatic N) is 2. The minimum absolute atomic E-state index is 0.386. The van der Waals surface area contributed by atoms with Gasteiger partial charge in [-0.05, 0) is 32.3 Å². The minimum Gasteiger partial charge on any atom is -0.300 e. The van der Waals surface area contributed by atoms with Crippen molar-refractivity contribution in [1.82, 2.24) is 9.78 Å². The van der Waals surface area contributed by atoms with Gasteiger partial charge in [0.15, 0.2) is 0 Å². The number of hydrogen-bond acceptors (Lipinski definition) is 2. The summed E-state index contributed by atoms with van der Waals surface area (Å²) < 4.78 is 1.90. The van der Waals surface area contributed by atoms with Gasteiger partial charge in [0.05, 0.1) is 5.69 Å². The number of aryl methyl sites for hydroxylation is 3. The van der Waals surface area contributed by atoms with E-state index < -0.39 is 0 Å². The van der Waals surface area contributed by atoms with E-state index in [0.717, 1.165) is 31.4 Å². The highest BCUT2D eigenvalue weighted by Gasteiger charge is 2.04. The number of ketones is 1. The van der Waals surface area contributed by atoms with Crippen molar-refractivity contribution < 1.29 is 4.79 Å². The lowest BCUT2D eigenvalue weighted by atomic mass is 10.1. The number of hydrogen-bond donors (Lipinski definition) is 0. The van der Waals surface area contributed by atoms with Gasteiger partial charge >= 0.3 is 0 Å². The van der Waals surface area contributed by atoms with E-state index in [2.05, 4.69) is 11.2 Å². The van der Waals surface area contributed by atoms with Crippen molar-refractivity contribution in [2.45, 2.75) is 46.0 Å². The highest BCUT2D eigenvalue weighted by Crippen LogP contribution is 2.07. The van der Waals surface area contributed by atoms with Crippen molar-refractivity contribution in [2.24, 2.45) is 7.05 Å². The molecule has 84 valence electrons. The van der Waals surface area contributed by atoms with Crippen molar-refractivity contribution in [3.05, 3.63) is 17.5 Å². The smallest absolute Gasteiger partial charge is 0.132 e. The summed E-state index contributed by atoms with van der Waals surface area (Å²) in [4.78, 5) is 11.3. The van der Waals surface area contributed by atoms with Gasteiger partial charge in [-0.3, -0.25) is 9.48 Å². The average Bonchev–Trinajstić information content (AvgIpc) is 2.46. The second kappa shape index (κ2) is 5.69. The third-order valence-electron chi connectivity index (χ3n) is 2.52. The summed E-state index contributed by atoms with van der Waals surface area (Å²) in [6.45, 7) is 4.04. The molecule has 1 aromatic rings. The SMILES string of the molecule is CCCC(=O)CCCc1cc(C)nn1C. The fraction of sp³-hybridized carbons (Fsp3) is 0.667. The van der Waals surface area contributed by atoms with E-state index in [1.165, 1.54) is 5.69 Å². The summed E-state index contributed by atoms with van der Waals surface area (Å²) in [6.07, 6.45) is 4.29. The van der Waals surface area contributed by atoms with E-state index in [1.807, 2.05) is 25.6 Å². The molecule has 1 rings (SSSR count). The number of aromatic nitrogens is 2. The average molecular weight is 208 g/mol. The van der Waals surface area contributed by atoms with E-state index in [0.29, 0.717) is 12.2 Å². The van der Waals surface area contributed by atoms with Crippen molar-refractivity contribution in [3.63, 3.8) is 0 Å². The largest absolute Gasteiger partial charge is 0.300 e. The molecule has 0 N–H and O–H groups in total. The zero-order chi connectivity index (χ0) is 11.3. The monoisotopic (exact) mass is 208 g/mol. The molecule has 0 bridgehead atoms. The molecule has 0 fully saturated rings. The maximum absolute atomic E-state index is 11.3. The molecule has 0 atom stereocenters. The molecule has 15 heavy (non-hydrogen) atoms. The Balaban J connectivity index is 2.31. The topological polar surface area (TPSA) is 34.9 Å². The van der Waals surface area contributed by atoms with Crippen LogP contribution in [0.2, 0.25) is 0 Å². The van der Waals surface area contributed by atoms with Gasteiger partial charge in [0.1, 0.15) is 5.78 Å². The Kier molecular flexibility index (Phi) is 4.53. The van der Waals surface area contributed by atoms with Crippen molar-refractivity contribution >= 4 is 5.78 Å². The standard InChI is InChI=1S/C12H20N2O/c1-4-6-12(15)8-5-7-11-9-10(2)13-14(11)3/h9H,4-8H2,1-3H3. The summed E-state index contributed by atoms with van der Waals surface area (Å²) >= 11 is 0. The van der Waals surface area contributed by atoms with Gasteiger partial charge in [-0.1, -0.05) is 6.92 Å². The molecule has 0 unspecified atom stereocenters. The second-order valence-electron chi connectivity index (χ2n) is 4.04. The zero-order valence-corrected chi connectivity index (χ0v) is 9.92. The summed E-state index contributed by atoms with van der Waals surface area (Å²) in [5, 5.41) is 4.28. The van der Waals surface area contributed by atoms with E-state index in [4.69, 9.17) is 0 Å². The number of carbonyl (C=O) groups is 1. The molecule has 3 nitrogen and oxygen atoms in total. The van der Waals surface area contributed by atoms with Crippen LogP contribution in [0, 0.1) is 6.92 Å². The van der Waals surface area contributed by atoms with Crippen LogP contribution in [-0.2, 0) is 18.3 Å². The van der Waals surface area contributed by atoms with Crippen LogP contribution in [0.3, 0.4) is 0 Å². The predicted octanol–water partition coefficient (Wildman–Crippen LogP) is 2.42. The van der Waals surface area contributed by atoms with Crippen LogP contribution in [0.5, 0.6) is 0 Å². The highest BCUT2D eigenvalue weighted by atomic mass is 16.1. The Hall–Kier alpha value is -1.12. The zero-order valence-electron chi connectivity index (χ0n) is 9.92. The quantitative estimate of drug-likeness (QED) is 0.719. The maximum Gasteiger partial charge on any atom is 0.132 e. The fourth-order valence-corrected chi connectivity index (χ4v) is 1.77. The van der Waals surface area contributed by atoms with Gasteiger partial charge in [0.2, 0.25) is 0 Å². The second-order valence-corrected chi connectivity index (χ2v) is 4.04. The maximum atomic E-state index is 11.3. The summed E-state index contributed by atoms with van der Waals surface area (Å²) in [6, 6.07) is 2.09. The van der Waals surface area contributed by atoms with Crippen LogP contribution < -0.4 is 0 Å². The summed E-state index contributed by atoms with van der Waals surface area (Å²) in [5.74, 6) is 0.386. The Morgan fingerprint density at radius 2 is 2.20 bits per heavy atom. The molecule has 3 heteroatoms. The lowest BCUT2D eigenvalue weighted by Crippen LogP contribution is -2.01. The van der Waals surface area contributed by atoms with Gasteiger partial charge in [-0.15, -0.1) is 0 Å². The molecule has 0 spiro atoms. The molecule has 0 amide bonds. The first-order valence-electron chi connectivity index (χ1n) is 5.64. The summed E-state index contributed by atoms with van der Waals surface area (Å²) in [7, 11) is 1.95. The van der Waals surface area contributed by atoms with Crippen LogP contribution in [0.15, 0.2) is 6.07 Å². The van der Waals surface area contributed by atoms with Crippen molar-refractivity contribution in [2.75, 3.05) is 0 Å². The van der Waals surface area contributed by atoms with Gasteiger partial charge in [-0.2, -0.15) is 5.10 Å². The number of rotatable bonds is 6. The van der Waals surface area contributed by atoms with Crippen LogP contribution >= 0.6 is 0 Å². The first-order chi connectivity index (χ1) is 7.13. The molecule has 0 aliphatic heterocycles. The van der Waals surface area contributed by atoms with Crippen LogP contribution in [0.4, 0.5) is 0 Å².